The molecule has 19 heavy (non-hydrogen) atoms. The predicted octanol–water partition coefficient (Wildman–Crippen LogP) is 0.554. The first-order valence-electron chi connectivity index (χ1n) is 6.43. The Morgan fingerprint density at radius 2 is 2.37 bits per heavy atom. The molecule has 0 aromatic carbocycles. The maximum Gasteiger partial charge on any atom is 0.334 e. The van der Waals surface area contributed by atoms with Gasteiger partial charge in [0.25, 0.3) is 0 Å². The largest absolute Gasteiger partial charge is 0.479 e. The van der Waals surface area contributed by atoms with Crippen LogP contribution in [0.3, 0.4) is 0 Å². The van der Waals surface area contributed by atoms with Crippen LogP contribution in [0, 0.1) is 5.92 Å². The molecule has 1 unspecified atom stereocenters. The number of nitrogens with zero attached hydrogens (tertiary/aromatic N) is 3. The highest BCUT2D eigenvalue weighted by molar-refractivity contribution is 5.72. The molecule has 7 heteroatoms. The van der Waals surface area contributed by atoms with Crippen LogP contribution in [-0.2, 0) is 22.5 Å². The van der Waals surface area contributed by atoms with E-state index in [0.717, 1.165) is 6.42 Å². The number of ether oxygens (including phenoxy) is 1. The second kappa shape index (κ2) is 6.12. The van der Waals surface area contributed by atoms with Crippen LogP contribution in [0.5, 0.6) is 0 Å². The fraction of sp³-hybridized carbons (Fsp3) is 0.750. The molecule has 1 atom stereocenters. The lowest BCUT2D eigenvalue weighted by molar-refractivity contribution is -0.156. The summed E-state index contributed by atoms with van der Waals surface area (Å²) in [6, 6.07) is 0. The summed E-state index contributed by atoms with van der Waals surface area (Å²) < 4.78 is 10.3. The van der Waals surface area contributed by atoms with Crippen LogP contribution in [0.2, 0.25) is 0 Å². The second-order valence-electron chi connectivity index (χ2n) is 5.14. The van der Waals surface area contributed by atoms with Gasteiger partial charge in [0.2, 0.25) is 5.89 Å². The molecule has 7 nitrogen and oxygen atoms in total. The number of aromatic nitrogens is 2. The lowest BCUT2D eigenvalue weighted by Gasteiger charge is -2.29. The second-order valence-corrected chi connectivity index (χ2v) is 5.14. The van der Waals surface area contributed by atoms with Gasteiger partial charge in [-0.3, -0.25) is 4.90 Å². The van der Waals surface area contributed by atoms with Gasteiger partial charge in [-0.2, -0.15) is 4.98 Å². The number of carbonyl (C=O) groups is 1. The Morgan fingerprint density at radius 3 is 3.05 bits per heavy atom. The highest BCUT2D eigenvalue weighted by Gasteiger charge is 2.27. The van der Waals surface area contributed by atoms with Gasteiger partial charge in [-0.05, 0) is 5.92 Å². The van der Waals surface area contributed by atoms with Crippen molar-refractivity contribution in [2.45, 2.75) is 32.9 Å². The number of carboxylic acid groups (broad SMARTS) is 1. The first kappa shape index (κ1) is 14.0. The minimum absolute atomic E-state index is 0.344. The van der Waals surface area contributed by atoms with Gasteiger partial charge in [0.05, 0.1) is 13.2 Å². The molecule has 1 saturated heterocycles. The molecule has 1 aromatic rings. The van der Waals surface area contributed by atoms with Gasteiger partial charge in [-0.1, -0.05) is 19.0 Å². The van der Waals surface area contributed by atoms with Crippen molar-refractivity contribution in [3.8, 4) is 0 Å². The van der Waals surface area contributed by atoms with Gasteiger partial charge in [0.15, 0.2) is 11.9 Å². The van der Waals surface area contributed by atoms with Gasteiger partial charge in [0, 0.05) is 19.5 Å². The minimum atomic E-state index is -0.935. The average Bonchev–Trinajstić information content (AvgIpc) is 2.76. The van der Waals surface area contributed by atoms with Crippen molar-refractivity contribution in [3.63, 3.8) is 0 Å². The number of aliphatic carboxylic acids is 1. The van der Waals surface area contributed by atoms with Gasteiger partial charge >= 0.3 is 5.97 Å². The normalized spacial score (nSPS) is 20.9. The van der Waals surface area contributed by atoms with E-state index >= 15 is 0 Å². The molecule has 0 radical (unpaired) electrons. The molecule has 0 bridgehead atoms. The van der Waals surface area contributed by atoms with Crippen LogP contribution in [0.25, 0.3) is 0 Å². The lowest BCUT2D eigenvalue weighted by atomic mass is 10.1. The molecular formula is C12H19N3O4. The number of hydrogen-bond donors (Lipinski definition) is 1. The predicted molar refractivity (Wildman–Crippen MR) is 65.5 cm³/mol. The Bertz CT molecular complexity index is 432. The molecular weight excluding hydrogens is 250 g/mol. The first-order valence-corrected chi connectivity index (χ1v) is 6.43. The third-order valence-corrected chi connectivity index (χ3v) is 2.89. The van der Waals surface area contributed by atoms with E-state index in [2.05, 4.69) is 24.0 Å². The monoisotopic (exact) mass is 269 g/mol. The quantitative estimate of drug-likeness (QED) is 0.835. The van der Waals surface area contributed by atoms with E-state index in [9.17, 15) is 4.79 Å². The van der Waals surface area contributed by atoms with E-state index in [1.807, 2.05) is 4.90 Å². The van der Waals surface area contributed by atoms with E-state index in [-0.39, 0.29) is 0 Å². The van der Waals surface area contributed by atoms with Gasteiger partial charge in [-0.15, -0.1) is 0 Å². The summed E-state index contributed by atoms with van der Waals surface area (Å²) in [6.45, 7) is 6.08. The number of hydrogen-bond acceptors (Lipinski definition) is 6. The molecule has 1 N–H and O–H groups in total. The Balaban J connectivity index is 1.89. The Labute approximate surface area is 111 Å². The van der Waals surface area contributed by atoms with E-state index in [1.165, 1.54) is 0 Å². The minimum Gasteiger partial charge on any atom is -0.479 e. The number of rotatable bonds is 5. The summed E-state index contributed by atoms with van der Waals surface area (Å²) in [6.07, 6.45) is 0.0106. The van der Waals surface area contributed by atoms with E-state index in [1.54, 1.807) is 0 Å². The third-order valence-electron chi connectivity index (χ3n) is 2.89. The van der Waals surface area contributed by atoms with Crippen LogP contribution in [-0.4, -0.2) is 51.9 Å². The van der Waals surface area contributed by atoms with E-state index in [0.29, 0.717) is 43.9 Å². The molecule has 0 spiro atoms. The molecule has 106 valence electrons. The highest BCUT2D eigenvalue weighted by atomic mass is 16.5. The molecule has 1 aliphatic heterocycles. The SMILES string of the molecule is CC(C)Cc1noc(CN2CCOC(C(=O)O)C2)n1. The van der Waals surface area contributed by atoms with Crippen LogP contribution in [0.15, 0.2) is 4.52 Å². The summed E-state index contributed by atoms with van der Waals surface area (Å²) in [5, 5.41) is 12.8. The summed E-state index contributed by atoms with van der Waals surface area (Å²) in [5.41, 5.74) is 0. The van der Waals surface area contributed by atoms with Crippen molar-refractivity contribution in [2.24, 2.45) is 5.92 Å². The lowest BCUT2D eigenvalue weighted by Crippen LogP contribution is -2.45. The molecule has 0 amide bonds. The van der Waals surface area contributed by atoms with Crippen LogP contribution >= 0.6 is 0 Å². The summed E-state index contributed by atoms with van der Waals surface area (Å²) in [5.74, 6) is 0.774. The average molecular weight is 269 g/mol. The summed E-state index contributed by atoms with van der Waals surface area (Å²) in [4.78, 5) is 17.1. The molecule has 2 rings (SSSR count). The summed E-state index contributed by atoms with van der Waals surface area (Å²) in [7, 11) is 0. The topological polar surface area (TPSA) is 88.7 Å². The fourth-order valence-corrected chi connectivity index (χ4v) is 1.99. The van der Waals surface area contributed by atoms with Gasteiger partial charge < -0.3 is 14.4 Å². The zero-order chi connectivity index (χ0) is 13.8. The Morgan fingerprint density at radius 1 is 1.58 bits per heavy atom. The van der Waals surface area contributed by atoms with Crippen LogP contribution < -0.4 is 0 Å². The van der Waals surface area contributed by atoms with Gasteiger partial charge in [0.1, 0.15) is 0 Å². The number of carboxylic acids is 1. The van der Waals surface area contributed by atoms with Crippen LogP contribution in [0.1, 0.15) is 25.6 Å². The molecule has 1 fully saturated rings. The van der Waals surface area contributed by atoms with Crippen molar-refractivity contribution in [2.75, 3.05) is 19.7 Å². The summed E-state index contributed by atoms with van der Waals surface area (Å²) >= 11 is 0. The standard InChI is InChI=1S/C12H19N3O4/c1-8(2)5-10-13-11(19-14-10)7-15-3-4-18-9(6-15)12(16)17/h8-9H,3-7H2,1-2H3,(H,16,17). The van der Waals surface area contributed by atoms with Crippen molar-refractivity contribution in [3.05, 3.63) is 11.7 Å². The Hall–Kier alpha value is -1.47. The van der Waals surface area contributed by atoms with Crippen LogP contribution in [0.4, 0.5) is 0 Å². The van der Waals surface area contributed by atoms with E-state index in [4.69, 9.17) is 14.4 Å². The maximum atomic E-state index is 10.9. The zero-order valence-corrected chi connectivity index (χ0v) is 11.2. The molecule has 0 aliphatic carbocycles. The first-order chi connectivity index (χ1) is 9.04. The van der Waals surface area contributed by atoms with E-state index < -0.39 is 12.1 Å². The third kappa shape index (κ3) is 4.00. The molecule has 0 saturated carbocycles. The van der Waals surface area contributed by atoms with Gasteiger partial charge in [-0.25, -0.2) is 4.79 Å². The fourth-order valence-electron chi connectivity index (χ4n) is 1.99. The maximum absolute atomic E-state index is 10.9. The molecule has 1 aromatic heterocycles. The van der Waals surface area contributed by atoms with Crippen molar-refractivity contribution < 1.29 is 19.2 Å². The van der Waals surface area contributed by atoms with Crippen molar-refractivity contribution in [1.29, 1.82) is 0 Å². The zero-order valence-electron chi connectivity index (χ0n) is 11.2. The number of morpholine rings is 1. The molecule has 2 heterocycles. The Kier molecular flexibility index (Phi) is 4.49. The van der Waals surface area contributed by atoms with Crippen molar-refractivity contribution in [1.82, 2.24) is 15.0 Å². The van der Waals surface area contributed by atoms with Crippen molar-refractivity contribution >= 4 is 5.97 Å². The molecule has 1 aliphatic rings. The highest BCUT2D eigenvalue weighted by Crippen LogP contribution is 2.11. The smallest absolute Gasteiger partial charge is 0.334 e.